The molecule has 130 valence electrons. The average Bonchev–Trinajstić information content (AvgIpc) is 3.07. The molecule has 2 saturated heterocycles. The number of carbonyl (C=O) groups is 2. The zero-order chi connectivity index (χ0) is 17.3. The number of likely N-dealkylation sites (tertiary alicyclic amines) is 1. The molecule has 0 aliphatic carbocycles. The molecule has 1 aromatic rings. The summed E-state index contributed by atoms with van der Waals surface area (Å²) in [5.41, 5.74) is 0.951. The molecule has 2 aliphatic rings. The predicted octanol–water partition coefficient (Wildman–Crippen LogP) is 2.48. The Hall–Kier alpha value is -1.95. The molecule has 0 saturated carbocycles. The van der Waals surface area contributed by atoms with Crippen LogP contribution in [0.1, 0.15) is 35.2 Å². The third kappa shape index (κ3) is 3.29. The van der Waals surface area contributed by atoms with Gasteiger partial charge < -0.3 is 14.7 Å². The van der Waals surface area contributed by atoms with Crippen LogP contribution in [0.4, 0.5) is 4.39 Å². The molecule has 2 heterocycles. The SMILES string of the molecule is Cc1cc(C(=O)N2CCC([C@@H]3OCCC3C(=O)O)CC2)ccc1F. The van der Waals surface area contributed by atoms with Crippen LogP contribution in [-0.2, 0) is 9.53 Å². The lowest BCUT2D eigenvalue weighted by atomic mass is 9.84. The molecule has 1 unspecified atom stereocenters. The lowest BCUT2D eigenvalue weighted by Crippen LogP contribution is -2.43. The Kier molecular flexibility index (Phi) is 4.85. The van der Waals surface area contributed by atoms with Crippen LogP contribution in [-0.4, -0.2) is 47.7 Å². The topological polar surface area (TPSA) is 66.8 Å². The quantitative estimate of drug-likeness (QED) is 0.921. The fourth-order valence-electron chi connectivity index (χ4n) is 3.73. The van der Waals surface area contributed by atoms with Gasteiger partial charge in [0.1, 0.15) is 5.82 Å². The number of carboxylic acid groups (broad SMARTS) is 1. The van der Waals surface area contributed by atoms with E-state index in [1.54, 1.807) is 17.9 Å². The van der Waals surface area contributed by atoms with Crippen LogP contribution in [0.2, 0.25) is 0 Å². The number of aryl methyl sites for hydroxylation is 1. The molecule has 3 rings (SSSR count). The van der Waals surface area contributed by atoms with E-state index in [9.17, 15) is 19.1 Å². The number of carboxylic acids is 1. The largest absolute Gasteiger partial charge is 0.481 e. The van der Waals surface area contributed by atoms with Crippen LogP contribution in [0, 0.1) is 24.6 Å². The van der Waals surface area contributed by atoms with E-state index in [1.165, 1.54) is 12.1 Å². The van der Waals surface area contributed by atoms with Gasteiger partial charge in [0.25, 0.3) is 5.91 Å². The van der Waals surface area contributed by atoms with E-state index in [1.807, 2.05) is 0 Å². The molecule has 0 spiro atoms. The zero-order valence-electron chi connectivity index (χ0n) is 13.7. The molecule has 24 heavy (non-hydrogen) atoms. The van der Waals surface area contributed by atoms with Crippen LogP contribution < -0.4 is 0 Å². The number of carbonyl (C=O) groups excluding carboxylic acids is 1. The Balaban J connectivity index is 1.61. The molecule has 0 radical (unpaired) electrons. The van der Waals surface area contributed by atoms with Gasteiger partial charge >= 0.3 is 5.97 Å². The summed E-state index contributed by atoms with van der Waals surface area (Å²) in [5.74, 6) is -1.47. The third-order valence-electron chi connectivity index (χ3n) is 5.15. The van der Waals surface area contributed by atoms with Crippen molar-refractivity contribution in [3.05, 3.63) is 35.1 Å². The van der Waals surface area contributed by atoms with Crippen molar-refractivity contribution >= 4 is 11.9 Å². The van der Waals surface area contributed by atoms with Crippen molar-refractivity contribution in [3.63, 3.8) is 0 Å². The second-order valence-electron chi connectivity index (χ2n) is 6.66. The average molecular weight is 335 g/mol. The van der Waals surface area contributed by atoms with E-state index < -0.39 is 11.9 Å². The van der Waals surface area contributed by atoms with Crippen molar-refractivity contribution in [2.75, 3.05) is 19.7 Å². The van der Waals surface area contributed by atoms with Gasteiger partial charge in [0.15, 0.2) is 0 Å². The highest BCUT2D eigenvalue weighted by atomic mass is 19.1. The van der Waals surface area contributed by atoms with E-state index in [2.05, 4.69) is 0 Å². The predicted molar refractivity (Wildman–Crippen MR) is 85.2 cm³/mol. The molecule has 2 aliphatic heterocycles. The zero-order valence-corrected chi connectivity index (χ0v) is 13.7. The summed E-state index contributed by atoms with van der Waals surface area (Å²) in [7, 11) is 0. The number of piperidine rings is 1. The number of benzene rings is 1. The number of ether oxygens (including phenoxy) is 1. The van der Waals surface area contributed by atoms with Gasteiger partial charge in [-0.1, -0.05) is 0 Å². The first-order valence-electron chi connectivity index (χ1n) is 8.37. The van der Waals surface area contributed by atoms with E-state index in [4.69, 9.17) is 4.74 Å². The van der Waals surface area contributed by atoms with Crippen LogP contribution in [0.3, 0.4) is 0 Å². The first kappa shape index (κ1) is 16.9. The smallest absolute Gasteiger partial charge is 0.309 e. The van der Waals surface area contributed by atoms with Gasteiger partial charge in [-0.3, -0.25) is 9.59 Å². The number of hydrogen-bond donors (Lipinski definition) is 1. The van der Waals surface area contributed by atoms with Crippen LogP contribution >= 0.6 is 0 Å². The first-order valence-corrected chi connectivity index (χ1v) is 8.37. The van der Waals surface area contributed by atoms with Crippen LogP contribution in [0.5, 0.6) is 0 Å². The Morgan fingerprint density at radius 2 is 1.96 bits per heavy atom. The highest BCUT2D eigenvalue weighted by Crippen LogP contribution is 2.33. The Morgan fingerprint density at radius 1 is 1.25 bits per heavy atom. The van der Waals surface area contributed by atoms with Gasteiger partial charge in [0, 0.05) is 25.3 Å². The molecule has 0 bridgehead atoms. The van der Waals surface area contributed by atoms with Crippen molar-refractivity contribution in [2.45, 2.75) is 32.3 Å². The van der Waals surface area contributed by atoms with Crippen LogP contribution in [0.15, 0.2) is 18.2 Å². The van der Waals surface area contributed by atoms with E-state index in [0.29, 0.717) is 37.2 Å². The molecule has 1 aromatic carbocycles. The van der Waals surface area contributed by atoms with Crippen molar-refractivity contribution in [3.8, 4) is 0 Å². The molecule has 2 atom stereocenters. The molecule has 5 nitrogen and oxygen atoms in total. The van der Waals surface area contributed by atoms with Crippen molar-refractivity contribution in [1.82, 2.24) is 4.90 Å². The number of nitrogens with zero attached hydrogens (tertiary/aromatic N) is 1. The van der Waals surface area contributed by atoms with Gasteiger partial charge in [-0.05, 0) is 55.9 Å². The monoisotopic (exact) mass is 335 g/mol. The summed E-state index contributed by atoms with van der Waals surface area (Å²) in [6.07, 6.45) is 1.79. The van der Waals surface area contributed by atoms with Gasteiger partial charge in [-0.15, -0.1) is 0 Å². The first-order chi connectivity index (χ1) is 11.5. The molecule has 1 N–H and O–H groups in total. The van der Waals surface area contributed by atoms with E-state index in [0.717, 1.165) is 12.8 Å². The molecule has 6 heteroatoms. The lowest BCUT2D eigenvalue weighted by Gasteiger charge is -2.35. The highest BCUT2D eigenvalue weighted by molar-refractivity contribution is 5.94. The second-order valence-corrected chi connectivity index (χ2v) is 6.66. The Labute approximate surface area is 140 Å². The standard InChI is InChI=1S/C18H22FNO4/c1-11-10-13(2-3-15(11)19)17(21)20-7-4-12(5-8-20)16-14(18(22)23)6-9-24-16/h2-3,10,12,14,16H,4-9H2,1H3,(H,22,23)/t14?,16-/m0/s1. The molecular weight excluding hydrogens is 313 g/mol. The minimum absolute atomic E-state index is 0.0984. The number of aliphatic carboxylic acids is 1. The van der Waals surface area contributed by atoms with E-state index in [-0.39, 0.29) is 23.7 Å². The number of halogens is 1. The maximum atomic E-state index is 13.3. The van der Waals surface area contributed by atoms with Crippen LogP contribution in [0.25, 0.3) is 0 Å². The summed E-state index contributed by atoms with van der Waals surface area (Å²) in [4.78, 5) is 25.6. The maximum Gasteiger partial charge on any atom is 0.309 e. The summed E-state index contributed by atoms with van der Waals surface area (Å²) in [5, 5.41) is 9.28. The Bertz CT molecular complexity index is 640. The summed E-state index contributed by atoms with van der Waals surface area (Å²) >= 11 is 0. The molecule has 1 amide bonds. The Morgan fingerprint density at radius 3 is 2.58 bits per heavy atom. The van der Waals surface area contributed by atoms with E-state index >= 15 is 0 Å². The van der Waals surface area contributed by atoms with Crippen molar-refractivity contribution < 1.29 is 23.8 Å². The fourth-order valence-corrected chi connectivity index (χ4v) is 3.73. The maximum absolute atomic E-state index is 13.3. The molecule has 2 fully saturated rings. The number of rotatable bonds is 3. The van der Waals surface area contributed by atoms with Gasteiger partial charge in [-0.25, -0.2) is 4.39 Å². The lowest BCUT2D eigenvalue weighted by molar-refractivity contribution is -0.145. The minimum Gasteiger partial charge on any atom is -0.481 e. The normalized spacial score (nSPS) is 25.0. The second kappa shape index (κ2) is 6.89. The summed E-state index contributed by atoms with van der Waals surface area (Å²) in [6, 6.07) is 4.40. The van der Waals surface area contributed by atoms with Crippen molar-refractivity contribution in [2.24, 2.45) is 11.8 Å². The number of amides is 1. The van der Waals surface area contributed by atoms with Gasteiger partial charge in [-0.2, -0.15) is 0 Å². The fraction of sp³-hybridized carbons (Fsp3) is 0.556. The van der Waals surface area contributed by atoms with Crippen molar-refractivity contribution in [1.29, 1.82) is 0 Å². The number of hydrogen-bond acceptors (Lipinski definition) is 3. The summed E-state index contributed by atoms with van der Waals surface area (Å²) < 4.78 is 19.0. The minimum atomic E-state index is -0.794. The molecular formula is C18H22FNO4. The molecule has 0 aromatic heterocycles. The summed E-state index contributed by atoms with van der Waals surface area (Å²) in [6.45, 7) is 3.29. The van der Waals surface area contributed by atoms with Gasteiger partial charge in [0.2, 0.25) is 0 Å². The van der Waals surface area contributed by atoms with Gasteiger partial charge in [0.05, 0.1) is 12.0 Å². The third-order valence-corrected chi connectivity index (χ3v) is 5.15. The highest BCUT2D eigenvalue weighted by Gasteiger charge is 2.40.